The van der Waals surface area contributed by atoms with Gasteiger partial charge in [0.05, 0.1) is 6.61 Å². The molecule has 7 nitrogen and oxygen atoms in total. The zero-order chi connectivity index (χ0) is 14.8. The van der Waals surface area contributed by atoms with Gasteiger partial charge in [0.1, 0.15) is 5.75 Å². The maximum Gasteiger partial charge on any atom is 0.415 e. The molecule has 0 saturated heterocycles. The van der Waals surface area contributed by atoms with Gasteiger partial charge in [-0.05, 0) is 30.2 Å². The van der Waals surface area contributed by atoms with Crippen LogP contribution in [-0.4, -0.2) is 34.0 Å². The SMILES string of the molecule is CCC(Oc1nnc(-c2ccc3c(c2)CCO3)o1)C(=O)O. The minimum atomic E-state index is -1.06. The summed E-state index contributed by atoms with van der Waals surface area (Å²) >= 11 is 0. The Morgan fingerprint density at radius 2 is 2.33 bits per heavy atom. The average Bonchev–Trinajstić information content (AvgIpc) is 3.12. The van der Waals surface area contributed by atoms with Crippen LogP contribution in [0.1, 0.15) is 18.9 Å². The summed E-state index contributed by atoms with van der Waals surface area (Å²) in [5.74, 6) is 0.0959. The van der Waals surface area contributed by atoms with E-state index in [4.69, 9.17) is 19.0 Å². The van der Waals surface area contributed by atoms with Crippen LogP contribution < -0.4 is 9.47 Å². The van der Waals surface area contributed by atoms with Gasteiger partial charge in [-0.3, -0.25) is 0 Å². The second-order valence-corrected chi connectivity index (χ2v) is 4.65. The van der Waals surface area contributed by atoms with E-state index in [0.717, 1.165) is 23.3 Å². The number of carbonyl (C=O) groups is 1. The molecule has 1 aliphatic heterocycles. The standard InChI is InChI=1S/C14H14N2O5/c1-2-10(13(17)18)20-14-16-15-12(21-14)9-3-4-11-8(7-9)5-6-19-11/h3-4,7,10H,2,5-6H2,1H3,(H,17,18). The summed E-state index contributed by atoms with van der Waals surface area (Å²) in [4.78, 5) is 10.9. The van der Waals surface area contributed by atoms with Crippen molar-refractivity contribution in [3.8, 4) is 23.3 Å². The molecule has 1 aliphatic rings. The molecule has 0 amide bonds. The molecule has 1 atom stereocenters. The number of hydrogen-bond acceptors (Lipinski definition) is 6. The molecule has 7 heteroatoms. The third-order valence-electron chi connectivity index (χ3n) is 3.23. The van der Waals surface area contributed by atoms with Crippen molar-refractivity contribution in [2.75, 3.05) is 6.61 Å². The largest absolute Gasteiger partial charge is 0.493 e. The highest BCUT2D eigenvalue weighted by molar-refractivity contribution is 5.72. The summed E-state index contributed by atoms with van der Waals surface area (Å²) in [6.07, 6.45) is 0.0172. The van der Waals surface area contributed by atoms with Crippen LogP contribution in [0.25, 0.3) is 11.5 Å². The van der Waals surface area contributed by atoms with E-state index in [-0.39, 0.29) is 6.08 Å². The van der Waals surface area contributed by atoms with Gasteiger partial charge in [-0.1, -0.05) is 12.0 Å². The molecule has 1 N–H and O–H groups in total. The monoisotopic (exact) mass is 290 g/mol. The Morgan fingerprint density at radius 1 is 1.48 bits per heavy atom. The van der Waals surface area contributed by atoms with Gasteiger partial charge in [-0.25, -0.2) is 4.79 Å². The van der Waals surface area contributed by atoms with Crippen molar-refractivity contribution in [2.45, 2.75) is 25.9 Å². The van der Waals surface area contributed by atoms with Gasteiger partial charge >= 0.3 is 12.0 Å². The molecule has 0 fully saturated rings. The minimum absolute atomic E-state index is 0.143. The Hall–Kier alpha value is -2.57. The zero-order valence-electron chi connectivity index (χ0n) is 11.4. The highest BCUT2D eigenvalue weighted by atomic mass is 16.6. The Kier molecular flexibility index (Phi) is 3.47. The van der Waals surface area contributed by atoms with Crippen LogP contribution >= 0.6 is 0 Å². The number of nitrogens with zero attached hydrogens (tertiary/aromatic N) is 2. The Morgan fingerprint density at radius 3 is 3.10 bits per heavy atom. The van der Waals surface area contributed by atoms with E-state index in [1.54, 1.807) is 6.92 Å². The van der Waals surface area contributed by atoms with Gasteiger partial charge in [-0.15, -0.1) is 5.10 Å². The second kappa shape index (κ2) is 5.43. The fraction of sp³-hybridized carbons (Fsp3) is 0.357. The molecule has 0 bridgehead atoms. The van der Waals surface area contributed by atoms with Crippen LogP contribution in [0.2, 0.25) is 0 Å². The quantitative estimate of drug-likeness (QED) is 0.898. The van der Waals surface area contributed by atoms with Gasteiger partial charge in [0, 0.05) is 12.0 Å². The lowest BCUT2D eigenvalue weighted by Crippen LogP contribution is -2.26. The summed E-state index contributed by atoms with van der Waals surface area (Å²) < 4.78 is 16.0. The fourth-order valence-corrected chi connectivity index (χ4v) is 2.12. The molecule has 110 valence electrons. The lowest BCUT2D eigenvalue weighted by atomic mass is 10.1. The molecule has 0 aliphatic carbocycles. The first-order valence-corrected chi connectivity index (χ1v) is 6.66. The number of ether oxygens (including phenoxy) is 2. The van der Waals surface area contributed by atoms with Crippen LogP contribution in [0, 0.1) is 0 Å². The van der Waals surface area contributed by atoms with E-state index in [1.807, 2.05) is 18.2 Å². The molecule has 3 rings (SSSR count). The van der Waals surface area contributed by atoms with Gasteiger partial charge < -0.3 is 19.0 Å². The molecule has 21 heavy (non-hydrogen) atoms. The number of aliphatic carboxylic acids is 1. The van der Waals surface area contributed by atoms with E-state index in [2.05, 4.69) is 10.2 Å². The first-order valence-electron chi connectivity index (χ1n) is 6.66. The number of carboxylic acids is 1. The number of aromatic nitrogens is 2. The molecule has 2 heterocycles. The lowest BCUT2D eigenvalue weighted by molar-refractivity contribution is -0.146. The summed E-state index contributed by atoms with van der Waals surface area (Å²) in [5, 5.41) is 16.5. The molecular formula is C14H14N2O5. The Labute approximate surface area is 120 Å². The topological polar surface area (TPSA) is 94.7 Å². The van der Waals surface area contributed by atoms with E-state index >= 15 is 0 Å². The molecule has 1 aromatic carbocycles. The van der Waals surface area contributed by atoms with Crippen LogP contribution in [-0.2, 0) is 11.2 Å². The zero-order valence-corrected chi connectivity index (χ0v) is 11.4. The first-order chi connectivity index (χ1) is 10.2. The van der Waals surface area contributed by atoms with Gasteiger partial charge in [0.25, 0.3) is 5.89 Å². The molecule has 0 saturated carbocycles. The summed E-state index contributed by atoms with van der Waals surface area (Å²) in [6.45, 7) is 2.38. The van der Waals surface area contributed by atoms with E-state index in [0.29, 0.717) is 18.9 Å². The van der Waals surface area contributed by atoms with Crippen molar-refractivity contribution in [2.24, 2.45) is 0 Å². The predicted octanol–water partition coefficient (Wildman–Crippen LogP) is 1.91. The molecule has 1 aromatic heterocycles. The maximum absolute atomic E-state index is 10.9. The lowest BCUT2D eigenvalue weighted by Gasteiger charge is -2.07. The van der Waals surface area contributed by atoms with Crippen molar-refractivity contribution < 1.29 is 23.8 Å². The number of carboxylic acid groups (broad SMARTS) is 1. The summed E-state index contributed by atoms with van der Waals surface area (Å²) in [6, 6.07) is 5.60. The molecule has 1 unspecified atom stereocenters. The van der Waals surface area contributed by atoms with E-state index in [1.165, 1.54) is 0 Å². The van der Waals surface area contributed by atoms with Crippen LogP contribution in [0.5, 0.6) is 11.8 Å². The molecular weight excluding hydrogens is 276 g/mol. The average molecular weight is 290 g/mol. The van der Waals surface area contributed by atoms with Gasteiger partial charge in [-0.2, -0.15) is 0 Å². The number of fused-ring (bicyclic) bond motifs is 1. The highest BCUT2D eigenvalue weighted by Crippen LogP contribution is 2.30. The van der Waals surface area contributed by atoms with Crippen LogP contribution in [0.15, 0.2) is 22.6 Å². The normalized spacial score (nSPS) is 14.3. The Balaban J connectivity index is 1.80. The van der Waals surface area contributed by atoms with Crippen molar-refractivity contribution in [3.63, 3.8) is 0 Å². The maximum atomic E-state index is 10.9. The number of rotatable bonds is 5. The van der Waals surface area contributed by atoms with Crippen molar-refractivity contribution in [1.29, 1.82) is 0 Å². The smallest absolute Gasteiger partial charge is 0.415 e. The summed E-state index contributed by atoms with van der Waals surface area (Å²) in [5.41, 5.74) is 1.84. The van der Waals surface area contributed by atoms with Crippen molar-refractivity contribution in [1.82, 2.24) is 10.2 Å². The van der Waals surface area contributed by atoms with Crippen molar-refractivity contribution >= 4 is 5.97 Å². The number of benzene rings is 1. The molecule has 2 aromatic rings. The fourth-order valence-electron chi connectivity index (χ4n) is 2.12. The van der Waals surface area contributed by atoms with E-state index in [9.17, 15) is 4.79 Å². The van der Waals surface area contributed by atoms with E-state index < -0.39 is 12.1 Å². The predicted molar refractivity (Wildman–Crippen MR) is 71.3 cm³/mol. The molecule has 0 spiro atoms. The Bertz CT molecular complexity index is 667. The van der Waals surface area contributed by atoms with Gasteiger partial charge in [0.2, 0.25) is 0 Å². The minimum Gasteiger partial charge on any atom is -0.493 e. The molecule has 0 radical (unpaired) electrons. The van der Waals surface area contributed by atoms with Crippen LogP contribution in [0.3, 0.4) is 0 Å². The highest BCUT2D eigenvalue weighted by Gasteiger charge is 2.21. The third kappa shape index (κ3) is 2.67. The second-order valence-electron chi connectivity index (χ2n) is 4.65. The van der Waals surface area contributed by atoms with Gasteiger partial charge in [0.15, 0.2) is 6.10 Å². The number of hydrogen-bond donors (Lipinski definition) is 1. The van der Waals surface area contributed by atoms with Crippen LogP contribution in [0.4, 0.5) is 0 Å². The summed E-state index contributed by atoms with van der Waals surface area (Å²) in [7, 11) is 0. The van der Waals surface area contributed by atoms with Crippen molar-refractivity contribution in [3.05, 3.63) is 23.8 Å². The third-order valence-corrected chi connectivity index (χ3v) is 3.23. The first kappa shape index (κ1) is 13.4.